The Hall–Kier alpha value is -1.24. The molecule has 0 radical (unpaired) electrons. The molecule has 0 aliphatic carbocycles. The number of hydrogen-bond donors (Lipinski definition) is 2. The monoisotopic (exact) mass is 333 g/mol. The Morgan fingerprint density at radius 2 is 1.79 bits per heavy atom. The second-order valence-corrected chi connectivity index (χ2v) is 6.98. The molecule has 2 N–H and O–H groups in total. The van der Waals surface area contributed by atoms with Gasteiger partial charge in [-0.2, -0.15) is 0 Å². The maximum Gasteiger partial charge on any atom is 0.225 e. The normalized spacial score (nSPS) is 22.7. The van der Waals surface area contributed by atoms with E-state index in [4.69, 9.17) is 0 Å². The van der Waals surface area contributed by atoms with Crippen molar-refractivity contribution in [3.8, 4) is 0 Å². The predicted octanol–water partition coefficient (Wildman–Crippen LogP) is 1.40. The van der Waals surface area contributed by atoms with Crippen LogP contribution in [0.1, 0.15) is 44.1 Å². The highest BCUT2D eigenvalue weighted by Gasteiger charge is 2.20. The first-order valence-electron chi connectivity index (χ1n) is 9.48. The van der Waals surface area contributed by atoms with E-state index in [1.807, 2.05) is 12.4 Å². The van der Waals surface area contributed by atoms with Gasteiger partial charge in [0, 0.05) is 56.7 Å². The Labute approximate surface area is 145 Å². The summed E-state index contributed by atoms with van der Waals surface area (Å²) in [5, 5.41) is 12.9. The van der Waals surface area contributed by atoms with E-state index < -0.39 is 0 Å². The zero-order valence-corrected chi connectivity index (χ0v) is 14.7. The molecule has 1 atom stereocenters. The van der Waals surface area contributed by atoms with Crippen molar-refractivity contribution >= 4 is 5.95 Å². The van der Waals surface area contributed by atoms with Crippen molar-refractivity contribution < 1.29 is 5.11 Å². The zero-order valence-electron chi connectivity index (χ0n) is 14.7. The third-order valence-electron chi connectivity index (χ3n) is 5.20. The van der Waals surface area contributed by atoms with E-state index in [1.54, 1.807) is 0 Å². The maximum atomic E-state index is 9.45. The van der Waals surface area contributed by atoms with Gasteiger partial charge in [-0.3, -0.25) is 4.90 Å². The molecule has 6 nitrogen and oxygen atoms in total. The molecular formula is C18H31N5O. The molecule has 2 saturated heterocycles. The second-order valence-electron chi connectivity index (χ2n) is 6.98. The quantitative estimate of drug-likeness (QED) is 0.736. The molecule has 0 amide bonds. The summed E-state index contributed by atoms with van der Waals surface area (Å²) in [6.07, 6.45) is 11.3. The lowest BCUT2D eigenvalue weighted by Gasteiger charge is -2.34. The van der Waals surface area contributed by atoms with Crippen LogP contribution in [0.5, 0.6) is 0 Å². The minimum Gasteiger partial charge on any atom is -0.395 e. The Bertz CT molecular complexity index is 475. The van der Waals surface area contributed by atoms with Crippen LogP contribution >= 0.6 is 0 Å². The van der Waals surface area contributed by atoms with Gasteiger partial charge in [0.2, 0.25) is 5.95 Å². The molecule has 2 aliphatic rings. The minimum atomic E-state index is 0.284. The van der Waals surface area contributed by atoms with Gasteiger partial charge in [-0.15, -0.1) is 0 Å². The first-order valence-corrected chi connectivity index (χ1v) is 9.48. The number of aliphatic hydroxyl groups is 1. The summed E-state index contributed by atoms with van der Waals surface area (Å²) in [5.41, 5.74) is 1.13. The molecule has 1 aromatic rings. The Balaban J connectivity index is 1.38. The van der Waals surface area contributed by atoms with E-state index in [2.05, 4.69) is 25.1 Å². The van der Waals surface area contributed by atoms with Gasteiger partial charge in [0.25, 0.3) is 0 Å². The van der Waals surface area contributed by atoms with Gasteiger partial charge < -0.3 is 15.3 Å². The predicted molar refractivity (Wildman–Crippen MR) is 96.1 cm³/mol. The van der Waals surface area contributed by atoms with Gasteiger partial charge in [0.15, 0.2) is 0 Å². The molecule has 0 aromatic carbocycles. The van der Waals surface area contributed by atoms with Crippen LogP contribution in [-0.4, -0.2) is 65.3 Å². The van der Waals surface area contributed by atoms with Crippen LogP contribution in [-0.2, 0) is 6.54 Å². The van der Waals surface area contributed by atoms with Crippen LogP contribution in [0.3, 0.4) is 0 Å². The van der Waals surface area contributed by atoms with Crippen molar-refractivity contribution in [2.75, 3.05) is 44.2 Å². The molecule has 24 heavy (non-hydrogen) atoms. The molecule has 0 bridgehead atoms. The summed E-state index contributed by atoms with van der Waals surface area (Å²) in [6.45, 7) is 6.30. The van der Waals surface area contributed by atoms with E-state index in [-0.39, 0.29) is 6.61 Å². The summed E-state index contributed by atoms with van der Waals surface area (Å²) < 4.78 is 0. The van der Waals surface area contributed by atoms with Crippen LogP contribution < -0.4 is 10.2 Å². The van der Waals surface area contributed by atoms with Gasteiger partial charge in [-0.1, -0.05) is 6.42 Å². The second kappa shape index (κ2) is 9.30. The highest BCUT2D eigenvalue weighted by molar-refractivity contribution is 5.30. The molecule has 3 rings (SSSR count). The highest BCUT2D eigenvalue weighted by atomic mass is 16.3. The summed E-state index contributed by atoms with van der Waals surface area (Å²) >= 11 is 0. The summed E-state index contributed by atoms with van der Waals surface area (Å²) in [7, 11) is 0. The number of nitrogens with zero attached hydrogens (tertiary/aromatic N) is 4. The fraction of sp³-hybridized carbons (Fsp3) is 0.778. The standard InChI is InChI=1S/C18H31N5O/c24-15-17-6-2-5-8-22(17)11-7-19-12-16-13-20-18(21-14-16)23-9-3-1-4-10-23/h13-14,17,19,24H,1-12,15H2. The molecular weight excluding hydrogens is 302 g/mol. The van der Waals surface area contributed by atoms with E-state index in [0.29, 0.717) is 6.04 Å². The number of nitrogens with one attached hydrogen (secondary N) is 1. The van der Waals surface area contributed by atoms with Gasteiger partial charge in [-0.05, 0) is 38.6 Å². The number of hydrogen-bond acceptors (Lipinski definition) is 6. The molecule has 0 spiro atoms. The van der Waals surface area contributed by atoms with Gasteiger partial charge >= 0.3 is 0 Å². The molecule has 1 unspecified atom stereocenters. The maximum absolute atomic E-state index is 9.45. The lowest BCUT2D eigenvalue weighted by molar-refractivity contribution is 0.0910. The topological polar surface area (TPSA) is 64.5 Å². The SMILES string of the molecule is OCC1CCCCN1CCNCc1cnc(N2CCCCC2)nc1. The van der Waals surface area contributed by atoms with Crippen LogP contribution in [0.4, 0.5) is 5.95 Å². The fourth-order valence-electron chi connectivity index (χ4n) is 3.71. The molecule has 2 aliphatic heterocycles. The highest BCUT2D eigenvalue weighted by Crippen LogP contribution is 2.16. The zero-order chi connectivity index (χ0) is 16.6. The molecule has 1 aromatic heterocycles. The molecule has 3 heterocycles. The van der Waals surface area contributed by atoms with Crippen molar-refractivity contribution in [1.82, 2.24) is 20.2 Å². The molecule has 6 heteroatoms. The Morgan fingerprint density at radius 3 is 2.54 bits per heavy atom. The van der Waals surface area contributed by atoms with E-state index >= 15 is 0 Å². The lowest BCUT2D eigenvalue weighted by atomic mass is 10.0. The lowest BCUT2D eigenvalue weighted by Crippen LogP contribution is -2.44. The fourth-order valence-corrected chi connectivity index (χ4v) is 3.71. The number of piperidine rings is 2. The van der Waals surface area contributed by atoms with Gasteiger partial charge in [0.1, 0.15) is 0 Å². The number of likely N-dealkylation sites (tertiary alicyclic amines) is 1. The molecule has 0 saturated carbocycles. The number of anilines is 1. The van der Waals surface area contributed by atoms with Crippen LogP contribution in [0.15, 0.2) is 12.4 Å². The van der Waals surface area contributed by atoms with E-state index in [0.717, 1.165) is 57.2 Å². The average molecular weight is 333 g/mol. The van der Waals surface area contributed by atoms with Crippen LogP contribution in [0.25, 0.3) is 0 Å². The van der Waals surface area contributed by atoms with Gasteiger partial charge in [-0.25, -0.2) is 9.97 Å². The summed E-state index contributed by atoms with van der Waals surface area (Å²) in [6, 6.07) is 0.354. The van der Waals surface area contributed by atoms with Crippen molar-refractivity contribution in [2.24, 2.45) is 0 Å². The summed E-state index contributed by atoms with van der Waals surface area (Å²) in [5.74, 6) is 0.873. The average Bonchev–Trinajstić information content (AvgIpc) is 2.67. The van der Waals surface area contributed by atoms with E-state index in [9.17, 15) is 5.11 Å². The smallest absolute Gasteiger partial charge is 0.225 e. The van der Waals surface area contributed by atoms with E-state index in [1.165, 1.54) is 32.1 Å². The third kappa shape index (κ3) is 4.88. The van der Waals surface area contributed by atoms with Crippen molar-refractivity contribution in [3.05, 3.63) is 18.0 Å². The largest absolute Gasteiger partial charge is 0.395 e. The van der Waals surface area contributed by atoms with Crippen molar-refractivity contribution in [3.63, 3.8) is 0 Å². The molecule has 2 fully saturated rings. The Kier molecular flexibility index (Phi) is 6.81. The van der Waals surface area contributed by atoms with Gasteiger partial charge in [0.05, 0.1) is 6.61 Å². The third-order valence-corrected chi connectivity index (χ3v) is 5.20. The van der Waals surface area contributed by atoms with Crippen LogP contribution in [0, 0.1) is 0 Å². The first kappa shape index (κ1) is 17.6. The van der Waals surface area contributed by atoms with Crippen molar-refractivity contribution in [1.29, 1.82) is 0 Å². The number of aromatic nitrogens is 2. The summed E-state index contributed by atoms with van der Waals surface area (Å²) in [4.78, 5) is 13.7. The first-order chi connectivity index (χ1) is 11.9. The Morgan fingerprint density at radius 1 is 1.04 bits per heavy atom. The number of rotatable bonds is 7. The number of aliphatic hydroxyl groups excluding tert-OH is 1. The minimum absolute atomic E-state index is 0.284. The van der Waals surface area contributed by atoms with Crippen LogP contribution in [0.2, 0.25) is 0 Å². The van der Waals surface area contributed by atoms with Crippen molar-refractivity contribution in [2.45, 2.75) is 51.1 Å². The molecule has 134 valence electrons.